The van der Waals surface area contributed by atoms with Gasteiger partial charge in [-0.2, -0.15) is 0 Å². The van der Waals surface area contributed by atoms with E-state index in [-0.39, 0.29) is 11.5 Å². The molecule has 4 nitrogen and oxygen atoms in total. The number of para-hydroxylation sites is 1. The second kappa shape index (κ2) is 8.65. The van der Waals surface area contributed by atoms with E-state index in [1.807, 2.05) is 24.3 Å². The molecule has 0 radical (unpaired) electrons. The van der Waals surface area contributed by atoms with Crippen LogP contribution in [0.15, 0.2) is 115 Å². The lowest BCUT2D eigenvalue weighted by molar-refractivity contribution is 0.474. The molecule has 2 aromatic heterocycles. The molecular formula is C36H26N2O2. The summed E-state index contributed by atoms with van der Waals surface area (Å²) >= 11 is 0. The molecule has 0 bridgehead atoms. The minimum absolute atomic E-state index is 0.262. The van der Waals surface area contributed by atoms with Crippen LogP contribution < -0.4 is 0 Å². The predicted octanol–water partition coefficient (Wildman–Crippen LogP) is 8.77. The average Bonchev–Trinajstić information content (AvgIpc) is 3.50. The Morgan fingerprint density at radius 2 is 1.10 bits per heavy atom. The summed E-state index contributed by atoms with van der Waals surface area (Å²) in [6.45, 7) is 0. The summed E-state index contributed by atoms with van der Waals surface area (Å²) in [6, 6.07) is 36.8. The monoisotopic (exact) mass is 518 g/mol. The highest BCUT2D eigenvalue weighted by Gasteiger charge is 2.20. The zero-order valence-corrected chi connectivity index (χ0v) is 21.8. The summed E-state index contributed by atoms with van der Waals surface area (Å²) in [5.74, 6) is 0.539. The van der Waals surface area contributed by atoms with Crippen LogP contribution in [-0.2, 0) is 6.42 Å². The lowest BCUT2D eigenvalue weighted by Crippen LogP contribution is -2.02. The minimum Gasteiger partial charge on any atom is -0.508 e. The van der Waals surface area contributed by atoms with E-state index in [4.69, 9.17) is 0 Å². The third kappa shape index (κ3) is 3.39. The molecule has 8 rings (SSSR count). The molecule has 0 amide bonds. The van der Waals surface area contributed by atoms with E-state index in [0.29, 0.717) is 0 Å². The van der Waals surface area contributed by atoms with Gasteiger partial charge in [0.2, 0.25) is 0 Å². The number of hydrogen-bond acceptors (Lipinski definition) is 2. The molecule has 5 aromatic carbocycles. The van der Waals surface area contributed by atoms with Crippen molar-refractivity contribution in [1.29, 1.82) is 0 Å². The standard InChI is InChI=1S/C36H26N2O2/c39-27-15-11-25(12-16-27)37-33-7-3-1-5-29(33)31-21-23(9-19-35(31)37)24-10-20-36-32(22-24)30-6-2-4-8-34(30)38(36)26-13-17-28(40)18-14-26/h1-3,5-7,9-22,39-40H,4,8H2. The highest BCUT2D eigenvalue weighted by molar-refractivity contribution is 6.10. The first-order valence-corrected chi connectivity index (χ1v) is 13.6. The van der Waals surface area contributed by atoms with E-state index in [0.717, 1.165) is 35.2 Å². The number of aromatic nitrogens is 2. The first-order chi connectivity index (χ1) is 19.7. The largest absolute Gasteiger partial charge is 0.508 e. The molecule has 1 aliphatic carbocycles. The Kier molecular flexibility index (Phi) is 4.92. The zero-order valence-electron chi connectivity index (χ0n) is 21.8. The van der Waals surface area contributed by atoms with Crippen LogP contribution >= 0.6 is 0 Å². The van der Waals surface area contributed by atoms with E-state index in [1.165, 1.54) is 44.1 Å². The van der Waals surface area contributed by atoms with Gasteiger partial charge in [-0.25, -0.2) is 0 Å². The van der Waals surface area contributed by atoms with Crippen LogP contribution in [0.1, 0.15) is 17.7 Å². The lowest BCUT2D eigenvalue weighted by Gasteiger charge is -2.13. The Balaban J connectivity index is 1.32. The smallest absolute Gasteiger partial charge is 0.115 e. The number of rotatable bonds is 3. The molecule has 2 N–H and O–H groups in total. The topological polar surface area (TPSA) is 50.3 Å². The second-order valence-corrected chi connectivity index (χ2v) is 10.5. The van der Waals surface area contributed by atoms with Crippen molar-refractivity contribution in [3.8, 4) is 34.0 Å². The van der Waals surface area contributed by atoms with Crippen LogP contribution in [0.25, 0.3) is 61.3 Å². The quantitative estimate of drug-likeness (QED) is 0.246. The Hall–Kier alpha value is -5.22. The van der Waals surface area contributed by atoms with E-state index in [1.54, 1.807) is 24.3 Å². The fraction of sp³-hybridized carbons (Fsp3) is 0.0556. The van der Waals surface area contributed by atoms with Gasteiger partial charge in [-0.1, -0.05) is 42.5 Å². The minimum atomic E-state index is 0.262. The average molecular weight is 519 g/mol. The zero-order chi connectivity index (χ0) is 26.8. The van der Waals surface area contributed by atoms with Gasteiger partial charge in [0.25, 0.3) is 0 Å². The number of fused-ring (bicyclic) bond motifs is 6. The van der Waals surface area contributed by atoms with Crippen molar-refractivity contribution in [2.24, 2.45) is 0 Å². The maximum absolute atomic E-state index is 9.85. The summed E-state index contributed by atoms with van der Waals surface area (Å²) in [6.07, 6.45) is 6.53. The molecule has 0 spiro atoms. The molecule has 2 heterocycles. The number of hydrogen-bond donors (Lipinski definition) is 2. The number of aromatic hydroxyl groups is 2. The number of phenols is 2. The van der Waals surface area contributed by atoms with Crippen molar-refractivity contribution in [2.45, 2.75) is 12.8 Å². The molecule has 0 saturated heterocycles. The molecule has 40 heavy (non-hydrogen) atoms. The van der Waals surface area contributed by atoms with Crippen molar-refractivity contribution >= 4 is 38.8 Å². The van der Waals surface area contributed by atoms with Crippen molar-refractivity contribution in [3.05, 3.63) is 127 Å². The summed E-state index contributed by atoms with van der Waals surface area (Å²) < 4.78 is 4.60. The Labute approximate surface area is 231 Å². The molecule has 0 saturated carbocycles. The van der Waals surface area contributed by atoms with Crippen molar-refractivity contribution in [1.82, 2.24) is 9.13 Å². The number of nitrogens with zero attached hydrogens (tertiary/aromatic N) is 2. The van der Waals surface area contributed by atoms with Crippen LogP contribution in [0.3, 0.4) is 0 Å². The Bertz CT molecular complexity index is 2110. The SMILES string of the molecule is Oc1ccc(-n2c3c(c4cc(-c5ccc6c(c5)c5ccccc5n6-c5ccc(O)cc5)ccc42)C=CCC3)cc1. The fourth-order valence-electron chi connectivity index (χ4n) is 6.33. The number of phenolic OH excluding ortho intramolecular Hbond substituents is 2. The molecule has 0 fully saturated rings. The van der Waals surface area contributed by atoms with Gasteiger partial charge in [-0.3, -0.25) is 0 Å². The van der Waals surface area contributed by atoms with E-state index in [2.05, 4.69) is 81.9 Å². The van der Waals surface area contributed by atoms with Crippen LogP contribution in [0.4, 0.5) is 0 Å². The molecule has 4 heteroatoms. The van der Waals surface area contributed by atoms with Crippen LogP contribution in [0.2, 0.25) is 0 Å². The van der Waals surface area contributed by atoms with Gasteiger partial charge in [0.05, 0.1) is 16.6 Å². The first-order valence-electron chi connectivity index (χ1n) is 13.6. The van der Waals surface area contributed by atoms with Gasteiger partial charge in [0, 0.05) is 38.8 Å². The summed E-state index contributed by atoms with van der Waals surface area (Å²) in [4.78, 5) is 0. The molecule has 7 aromatic rings. The molecule has 0 aliphatic heterocycles. The maximum atomic E-state index is 9.85. The molecule has 192 valence electrons. The van der Waals surface area contributed by atoms with Gasteiger partial charge in [0.1, 0.15) is 11.5 Å². The third-order valence-corrected chi connectivity index (χ3v) is 8.16. The van der Waals surface area contributed by atoms with E-state index >= 15 is 0 Å². The molecular weight excluding hydrogens is 492 g/mol. The maximum Gasteiger partial charge on any atom is 0.115 e. The van der Waals surface area contributed by atoms with Crippen LogP contribution in [0, 0.1) is 0 Å². The van der Waals surface area contributed by atoms with Gasteiger partial charge in [-0.15, -0.1) is 0 Å². The first kappa shape index (κ1) is 22.7. The van der Waals surface area contributed by atoms with Gasteiger partial charge >= 0.3 is 0 Å². The van der Waals surface area contributed by atoms with E-state index in [9.17, 15) is 10.2 Å². The van der Waals surface area contributed by atoms with E-state index < -0.39 is 0 Å². The molecule has 0 atom stereocenters. The summed E-state index contributed by atoms with van der Waals surface area (Å²) in [5.41, 5.74) is 10.5. The van der Waals surface area contributed by atoms with Crippen molar-refractivity contribution < 1.29 is 10.2 Å². The van der Waals surface area contributed by atoms with Crippen molar-refractivity contribution in [2.75, 3.05) is 0 Å². The molecule has 0 unspecified atom stereocenters. The fourth-order valence-corrected chi connectivity index (χ4v) is 6.33. The number of benzene rings is 5. The number of allylic oxidation sites excluding steroid dienone is 1. The Morgan fingerprint density at radius 1 is 0.525 bits per heavy atom. The van der Waals surface area contributed by atoms with Crippen molar-refractivity contribution in [3.63, 3.8) is 0 Å². The summed E-state index contributed by atoms with van der Waals surface area (Å²) in [7, 11) is 0. The van der Waals surface area contributed by atoms with Gasteiger partial charge in [0.15, 0.2) is 0 Å². The lowest BCUT2D eigenvalue weighted by atomic mass is 9.98. The van der Waals surface area contributed by atoms with Gasteiger partial charge in [-0.05, 0) is 103 Å². The highest BCUT2D eigenvalue weighted by Crippen LogP contribution is 2.39. The third-order valence-electron chi connectivity index (χ3n) is 8.16. The Morgan fingerprint density at radius 3 is 1.80 bits per heavy atom. The highest BCUT2D eigenvalue weighted by atomic mass is 16.3. The predicted molar refractivity (Wildman–Crippen MR) is 164 cm³/mol. The second-order valence-electron chi connectivity index (χ2n) is 10.5. The molecule has 1 aliphatic rings. The van der Waals surface area contributed by atoms with Crippen LogP contribution in [-0.4, -0.2) is 19.3 Å². The normalized spacial score (nSPS) is 12.9. The van der Waals surface area contributed by atoms with Crippen LogP contribution in [0.5, 0.6) is 11.5 Å². The van der Waals surface area contributed by atoms with Gasteiger partial charge < -0.3 is 19.3 Å². The summed E-state index contributed by atoms with van der Waals surface area (Å²) in [5, 5.41) is 23.3.